The Bertz CT molecular complexity index is 972. The maximum Gasteiger partial charge on any atom is 0.272 e. The summed E-state index contributed by atoms with van der Waals surface area (Å²) in [6.07, 6.45) is 4.03. The van der Waals surface area contributed by atoms with Crippen molar-refractivity contribution < 1.29 is 9.49 Å². The number of non-ortho nitro benzene ring substituents is 1. The second-order valence-electron chi connectivity index (χ2n) is 5.80. The summed E-state index contributed by atoms with van der Waals surface area (Å²) in [6, 6.07) is 15.7. The molecule has 0 bridgehead atoms. The lowest BCUT2D eigenvalue weighted by Gasteiger charge is -2.04. The zero-order valence-corrected chi connectivity index (χ0v) is 16.1. The summed E-state index contributed by atoms with van der Waals surface area (Å²) >= 11 is 12.0. The maximum atomic E-state index is 10.8. The van der Waals surface area contributed by atoms with Gasteiger partial charge in [-0.3, -0.25) is 10.1 Å². The third-order valence-corrected chi connectivity index (χ3v) is 4.40. The molecule has 0 saturated heterocycles. The van der Waals surface area contributed by atoms with Crippen LogP contribution in [-0.4, -0.2) is 11.5 Å². The Labute approximate surface area is 171 Å². The van der Waals surface area contributed by atoms with E-state index in [2.05, 4.69) is 20.1 Å². The number of hydrogen-bond donors (Lipinski definition) is 1. The highest BCUT2D eigenvalue weighted by atomic mass is 35.5. The van der Waals surface area contributed by atoms with Crippen molar-refractivity contribution in [3.63, 3.8) is 0 Å². The minimum Gasteiger partial charge on any atom is -0.379 e. The van der Waals surface area contributed by atoms with Gasteiger partial charge in [0.1, 0.15) is 5.69 Å². The summed E-state index contributed by atoms with van der Waals surface area (Å²) in [4.78, 5) is 10.2. The van der Waals surface area contributed by atoms with Gasteiger partial charge in [-0.15, -0.1) is 5.11 Å². The van der Waals surface area contributed by atoms with Gasteiger partial charge in [0.05, 0.1) is 27.2 Å². The molecule has 0 unspecified atom stereocenters. The molecule has 1 aromatic heterocycles. The van der Waals surface area contributed by atoms with E-state index in [1.165, 1.54) is 12.1 Å². The van der Waals surface area contributed by atoms with Gasteiger partial charge in [-0.2, -0.15) is 5.11 Å². The van der Waals surface area contributed by atoms with Crippen LogP contribution in [0.2, 0.25) is 10.0 Å². The van der Waals surface area contributed by atoms with E-state index in [1.54, 1.807) is 12.1 Å². The fraction of sp³-hybridized carbons (Fsp3) is 0.105. The van der Waals surface area contributed by atoms with Gasteiger partial charge in [0, 0.05) is 30.0 Å². The van der Waals surface area contributed by atoms with E-state index in [4.69, 9.17) is 23.2 Å². The number of anilines is 1. The number of halogens is 2. The first-order valence-electron chi connectivity index (χ1n) is 8.36. The van der Waals surface area contributed by atoms with Gasteiger partial charge < -0.3 is 5.32 Å². The molecule has 0 aliphatic heterocycles. The molecule has 142 valence electrons. The molecule has 0 atom stereocenters. The number of aromatic nitrogens is 1. The highest BCUT2D eigenvalue weighted by Crippen LogP contribution is 2.37. The van der Waals surface area contributed by atoms with Crippen molar-refractivity contribution in [2.45, 2.75) is 6.54 Å². The molecule has 0 saturated carbocycles. The standard InChI is InChI=1S/C19H16Cl2N5O2/c20-17-12-16(26(27)28)13-18(21)19(17)24-23-15-6-4-14(5-7-15)22-8-11-25-9-2-1-3-10-25/h1-7,9-10,12-13,22H,8,11H2/q+1. The minimum absolute atomic E-state index is 0.0691. The zero-order valence-electron chi connectivity index (χ0n) is 14.6. The molecular formula is C19H16Cl2N5O2+. The van der Waals surface area contributed by atoms with E-state index in [-0.39, 0.29) is 21.4 Å². The number of nitrogens with one attached hydrogen (secondary N) is 1. The smallest absolute Gasteiger partial charge is 0.272 e. The summed E-state index contributed by atoms with van der Waals surface area (Å²) in [5.41, 5.74) is 1.56. The molecule has 0 spiro atoms. The highest BCUT2D eigenvalue weighted by Gasteiger charge is 2.14. The molecule has 28 heavy (non-hydrogen) atoms. The van der Waals surface area contributed by atoms with Gasteiger partial charge in [0.15, 0.2) is 18.9 Å². The Balaban J connectivity index is 1.62. The predicted molar refractivity (Wildman–Crippen MR) is 109 cm³/mol. The summed E-state index contributed by atoms with van der Waals surface area (Å²) in [5, 5.41) is 22.4. The highest BCUT2D eigenvalue weighted by molar-refractivity contribution is 6.39. The Morgan fingerprint density at radius 2 is 1.64 bits per heavy atom. The van der Waals surface area contributed by atoms with Gasteiger partial charge >= 0.3 is 0 Å². The van der Waals surface area contributed by atoms with Gasteiger partial charge in [-0.05, 0) is 24.3 Å². The second-order valence-corrected chi connectivity index (χ2v) is 6.62. The van der Waals surface area contributed by atoms with Crippen molar-refractivity contribution >= 4 is 46.0 Å². The number of pyridine rings is 1. The first-order valence-corrected chi connectivity index (χ1v) is 9.12. The predicted octanol–water partition coefficient (Wildman–Crippen LogP) is 5.72. The lowest BCUT2D eigenvalue weighted by molar-refractivity contribution is -0.694. The third kappa shape index (κ3) is 5.25. The van der Waals surface area contributed by atoms with Crippen molar-refractivity contribution in [2.24, 2.45) is 10.2 Å². The van der Waals surface area contributed by atoms with Crippen molar-refractivity contribution in [1.29, 1.82) is 0 Å². The van der Waals surface area contributed by atoms with Crippen LogP contribution < -0.4 is 9.88 Å². The monoisotopic (exact) mass is 416 g/mol. The van der Waals surface area contributed by atoms with Crippen LogP contribution in [0, 0.1) is 10.1 Å². The molecule has 2 aromatic carbocycles. The van der Waals surface area contributed by atoms with Crippen molar-refractivity contribution in [1.82, 2.24) is 0 Å². The quantitative estimate of drug-likeness (QED) is 0.231. The normalized spacial score (nSPS) is 10.9. The van der Waals surface area contributed by atoms with Gasteiger partial charge in [-0.1, -0.05) is 29.3 Å². The number of hydrogen-bond acceptors (Lipinski definition) is 5. The molecule has 3 rings (SSSR count). The Kier molecular flexibility index (Phi) is 6.52. The summed E-state index contributed by atoms with van der Waals surface area (Å²) < 4.78 is 2.09. The first kappa shape index (κ1) is 19.7. The number of nitrogens with zero attached hydrogens (tertiary/aromatic N) is 4. The van der Waals surface area contributed by atoms with Crippen molar-refractivity contribution in [3.05, 3.63) is 87.2 Å². The summed E-state index contributed by atoms with van der Waals surface area (Å²) in [7, 11) is 0. The molecule has 0 fully saturated rings. The van der Waals surface area contributed by atoms with E-state index >= 15 is 0 Å². The molecule has 3 aromatic rings. The van der Waals surface area contributed by atoms with Crippen LogP contribution in [0.25, 0.3) is 0 Å². The van der Waals surface area contributed by atoms with E-state index in [9.17, 15) is 10.1 Å². The van der Waals surface area contributed by atoms with Crippen LogP contribution in [0.15, 0.2) is 77.2 Å². The van der Waals surface area contributed by atoms with E-state index in [1.807, 2.05) is 42.7 Å². The fourth-order valence-electron chi connectivity index (χ4n) is 2.42. The SMILES string of the molecule is O=[N+]([O-])c1cc(Cl)c(N=Nc2ccc(NCC[n+]3ccccc3)cc2)c(Cl)c1. The largest absolute Gasteiger partial charge is 0.379 e. The van der Waals surface area contributed by atoms with Crippen LogP contribution in [0.1, 0.15) is 0 Å². The van der Waals surface area contributed by atoms with Crippen molar-refractivity contribution in [2.75, 3.05) is 11.9 Å². The lowest BCUT2D eigenvalue weighted by Crippen LogP contribution is -2.35. The molecule has 0 radical (unpaired) electrons. The number of benzene rings is 2. The Morgan fingerprint density at radius 3 is 2.25 bits per heavy atom. The molecule has 7 nitrogen and oxygen atoms in total. The number of azo groups is 1. The van der Waals surface area contributed by atoms with Crippen LogP contribution >= 0.6 is 23.2 Å². The second kappa shape index (κ2) is 9.25. The molecule has 0 aliphatic rings. The average molecular weight is 417 g/mol. The van der Waals surface area contributed by atoms with Crippen LogP contribution in [0.3, 0.4) is 0 Å². The van der Waals surface area contributed by atoms with E-state index in [0.717, 1.165) is 18.8 Å². The maximum absolute atomic E-state index is 10.8. The fourth-order valence-corrected chi connectivity index (χ4v) is 2.97. The Hall–Kier alpha value is -3.03. The molecule has 9 heteroatoms. The van der Waals surface area contributed by atoms with Crippen LogP contribution in [0.4, 0.5) is 22.7 Å². The van der Waals surface area contributed by atoms with E-state index < -0.39 is 4.92 Å². The summed E-state index contributed by atoms with van der Waals surface area (Å²) in [5.74, 6) is 0. The molecule has 0 amide bonds. The molecule has 0 aliphatic carbocycles. The van der Waals surface area contributed by atoms with Crippen LogP contribution in [-0.2, 0) is 6.54 Å². The van der Waals surface area contributed by atoms with Gasteiger partial charge in [0.2, 0.25) is 0 Å². The topological polar surface area (TPSA) is 83.8 Å². The molecule has 1 heterocycles. The lowest BCUT2D eigenvalue weighted by atomic mass is 10.3. The number of nitro benzene ring substituents is 1. The van der Waals surface area contributed by atoms with Crippen LogP contribution in [0.5, 0.6) is 0 Å². The minimum atomic E-state index is -0.569. The average Bonchev–Trinajstić information content (AvgIpc) is 2.69. The Morgan fingerprint density at radius 1 is 1.00 bits per heavy atom. The molecular weight excluding hydrogens is 401 g/mol. The van der Waals surface area contributed by atoms with Gasteiger partial charge in [-0.25, -0.2) is 4.57 Å². The first-order chi connectivity index (χ1) is 13.5. The summed E-state index contributed by atoms with van der Waals surface area (Å²) in [6.45, 7) is 1.63. The van der Waals surface area contributed by atoms with Gasteiger partial charge in [0.25, 0.3) is 5.69 Å². The zero-order chi connectivity index (χ0) is 19.9. The van der Waals surface area contributed by atoms with Crippen molar-refractivity contribution in [3.8, 4) is 0 Å². The van der Waals surface area contributed by atoms with E-state index in [0.29, 0.717) is 5.69 Å². The third-order valence-electron chi connectivity index (χ3n) is 3.82. The molecule has 1 N–H and O–H groups in total. The number of nitro groups is 1. The number of rotatable bonds is 7.